The van der Waals surface area contributed by atoms with E-state index in [1.54, 1.807) is 20.0 Å². The molecule has 4 nitrogen and oxygen atoms in total. The number of rotatable bonds is 4. The SMILES string of the molecule is CNC(=O)CCN(C)C(=O)c1ccc(C)cc1F. The summed E-state index contributed by atoms with van der Waals surface area (Å²) >= 11 is 0. The van der Waals surface area contributed by atoms with Crippen LogP contribution in [0.5, 0.6) is 0 Å². The van der Waals surface area contributed by atoms with Gasteiger partial charge in [0.25, 0.3) is 5.91 Å². The summed E-state index contributed by atoms with van der Waals surface area (Å²) in [6, 6.07) is 4.46. The van der Waals surface area contributed by atoms with Crippen LogP contribution >= 0.6 is 0 Å². The molecule has 0 aliphatic rings. The summed E-state index contributed by atoms with van der Waals surface area (Å²) in [5.41, 5.74) is 0.789. The Balaban J connectivity index is 2.71. The molecule has 1 aromatic rings. The van der Waals surface area contributed by atoms with E-state index < -0.39 is 11.7 Å². The second-order valence-corrected chi connectivity index (χ2v) is 4.13. The highest BCUT2D eigenvalue weighted by atomic mass is 19.1. The highest BCUT2D eigenvalue weighted by molar-refractivity contribution is 5.94. The van der Waals surface area contributed by atoms with Crippen molar-refractivity contribution in [1.82, 2.24) is 10.2 Å². The van der Waals surface area contributed by atoms with Crippen LogP contribution in [0, 0.1) is 12.7 Å². The molecule has 0 radical (unpaired) electrons. The van der Waals surface area contributed by atoms with Gasteiger partial charge in [-0.15, -0.1) is 0 Å². The molecule has 0 bridgehead atoms. The number of halogens is 1. The molecule has 1 N–H and O–H groups in total. The molecule has 0 aliphatic carbocycles. The molecule has 98 valence electrons. The maximum absolute atomic E-state index is 13.6. The van der Waals surface area contributed by atoms with Crippen LogP contribution < -0.4 is 5.32 Å². The van der Waals surface area contributed by atoms with E-state index in [1.165, 1.54) is 24.1 Å². The van der Waals surface area contributed by atoms with Crippen LogP contribution in [0.15, 0.2) is 18.2 Å². The van der Waals surface area contributed by atoms with E-state index in [4.69, 9.17) is 0 Å². The average molecular weight is 252 g/mol. The van der Waals surface area contributed by atoms with E-state index in [9.17, 15) is 14.0 Å². The third-order valence-corrected chi connectivity index (χ3v) is 2.65. The molecule has 0 aromatic heterocycles. The molecular formula is C13H17FN2O2. The van der Waals surface area contributed by atoms with Gasteiger partial charge in [0, 0.05) is 27.1 Å². The first kappa shape index (κ1) is 14.2. The molecule has 0 heterocycles. The zero-order chi connectivity index (χ0) is 13.7. The van der Waals surface area contributed by atoms with E-state index >= 15 is 0 Å². The first-order chi connectivity index (χ1) is 8.45. The molecule has 0 saturated carbocycles. The summed E-state index contributed by atoms with van der Waals surface area (Å²) in [5, 5.41) is 2.47. The maximum Gasteiger partial charge on any atom is 0.256 e. The Kier molecular flexibility index (Phi) is 4.83. The van der Waals surface area contributed by atoms with Crippen LogP contribution in [0.25, 0.3) is 0 Å². The lowest BCUT2D eigenvalue weighted by Gasteiger charge is -2.17. The fourth-order valence-corrected chi connectivity index (χ4v) is 1.50. The predicted octanol–water partition coefficient (Wildman–Crippen LogP) is 1.34. The highest BCUT2D eigenvalue weighted by Crippen LogP contribution is 2.12. The Labute approximate surface area is 106 Å². The Morgan fingerprint density at radius 1 is 1.39 bits per heavy atom. The van der Waals surface area contributed by atoms with E-state index in [1.807, 2.05) is 0 Å². The summed E-state index contributed by atoms with van der Waals surface area (Å²) in [7, 11) is 3.08. The van der Waals surface area contributed by atoms with Crippen molar-refractivity contribution in [2.45, 2.75) is 13.3 Å². The summed E-state index contributed by atoms with van der Waals surface area (Å²) < 4.78 is 13.6. The highest BCUT2D eigenvalue weighted by Gasteiger charge is 2.16. The third-order valence-electron chi connectivity index (χ3n) is 2.65. The van der Waals surface area contributed by atoms with Crippen LogP contribution in [0.4, 0.5) is 4.39 Å². The number of nitrogens with zero attached hydrogens (tertiary/aromatic N) is 1. The van der Waals surface area contributed by atoms with Crippen LogP contribution in [-0.2, 0) is 4.79 Å². The smallest absolute Gasteiger partial charge is 0.256 e. The van der Waals surface area contributed by atoms with Crippen molar-refractivity contribution in [3.63, 3.8) is 0 Å². The average Bonchev–Trinajstić information content (AvgIpc) is 2.34. The number of benzene rings is 1. The molecule has 1 aromatic carbocycles. The fourth-order valence-electron chi connectivity index (χ4n) is 1.50. The van der Waals surface area contributed by atoms with Gasteiger partial charge < -0.3 is 10.2 Å². The number of aryl methyl sites for hydroxylation is 1. The van der Waals surface area contributed by atoms with Crippen LogP contribution in [0.3, 0.4) is 0 Å². The third kappa shape index (κ3) is 3.55. The van der Waals surface area contributed by atoms with Gasteiger partial charge in [-0.1, -0.05) is 6.07 Å². The molecule has 18 heavy (non-hydrogen) atoms. The van der Waals surface area contributed by atoms with Gasteiger partial charge >= 0.3 is 0 Å². The summed E-state index contributed by atoms with van der Waals surface area (Å²) in [5.74, 6) is -1.11. The first-order valence-corrected chi connectivity index (χ1v) is 5.68. The fraction of sp³-hybridized carbons (Fsp3) is 0.385. The molecule has 0 fully saturated rings. The molecule has 0 atom stereocenters. The standard InChI is InChI=1S/C13H17FN2O2/c1-9-4-5-10(11(14)8-9)13(18)16(3)7-6-12(17)15-2/h4-5,8H,6-7H2,1-3H3,(H,15,17). The minimum atomic E-state index is -0.535. The number of carbonyl (C=O) groups is 2. The molecule has 0 aliphatic heterocycles. The Hall–Kier alpha value is -1.91. The van der Waals surface area contributed by atoms with Gasteiger partial charge in [-0.25, -0.2) is 4.39 Å². The zero-order valence-electron chi connectivity index (χ0n) is 10.8. The second kappa shape index (κ2) is 6.14. The molecule has 0 saturated heterocycles. The lowest BCUT2D eigenvalue weighted by atomic mass is 10.1. The minimum Gasteiger partial charge on any atom is -0.359 e. The van der Waals surface area contributed by atoms with Gasteiger partial charge in [-0.05, 0) is 24.6 Å². The number of hydrogen-bond donors (Lipinski definition) is 1. The van der Waals surface area contributed by atoms with Crippen molar-refractivity contribution in [3.8, 4) is 0 Å². The van der Waals surface area contributed by atoms with Crippen molar-refractivity contribution >= 4 is 11.8 Å². The van der Waals surface area contributed by atoms with Crippen LogP contribution in [0.2, 0.25) is 0 Å². The van der Waals surface area contributed by atoms with Gasteiger partial charge in [0.05, 0.1) is 5.56 Å². The lowest BCUT2D eigenvalue weighted by Crippen LogP contribution is -2.31. The van der Waals surface area contributed by atoms with E-state index in [0.29, 0.717) is 0 Å². The normalized spacial score (nSPS) is 10.0. The maximum atomic E-state index is 13.6. The zero-order valence-corrected chi connectivity index (χ0v) is 10.8. The van der Waals surface area contributed by atoms with Gasteiger partial charge in [0.15, 0.2) is 0 Å². The molecule has 0 spiro atoms. The van der Waals surface area contributed by atoms with Gasteiger partial charge in [0.2, 0.25) is 5.91 Å². The molecule has 1 rings (SSSR count). The second-order valence-electron chi connectivity index (χ2n) is 4.13. The molecular weight excluding hydrogens is 235 g/mol. The van der Waals surface area contributed by atoms with Gasteiger partial charge in [-0.3, -0.25) is 9.59 Å². The van der Waals surface area contributed by atoms with E-state index in [2.05, 4.69) is 5.32 Å². The Morgan fingerprint density at radius 3 is 2.61 bits per heavy atom. The van der Waals surface area contributed by atoms with Crippen LogP contribution in [0.1, 0.15) is 22.3 Å². The quantitative estimate of drug-likeness (QED) is 0.879. The molecule has 2 amide bonds. The molecule has 5 heteroatoms. The number of amides is 2. The van der Waals surface area contributed by atoms with E-state index in [-0.39, 0.29) is 24.4 Å². The first-order valence-electron chi connectivity index (χ1n) is 5.68. The van der Waals surface area contributed by atoms with Gasteiger partial charge in [-0.2, -0.15) is 0 Å². The summed E-state index contributed by atoms with van der Waals surface area (Å²) in [6.07, 6.45) is 0.201. The number of carbonyl (C=O) groups excluding carboxylic acids is 2. The number of hydrogen-bond acceptors (Lipinski definition) is 2. The largest absolute Gasteiger partial charge is 0.359 e. The van der Waals surface area contributed by atoms with Crippen LogP contribution in [-0.4, -0.2) is 37.4 Å². The van der Waals surface area contributed by atoms with Crippen molar-refractivity contribution in [1.29, 1.82) is 0 Å². The topological polar surface area (TPSA) is 49.4 Å². The predicted molar refractivity (Wildman–Crippen MR) is 66.8 cm³/mol. The van der Waals surface area contributed by atoms with Crippen molar-refractivity contribution in [3.05, 3.63) is 35.1 Å². The van der Waals surface area contributed by atoms with Crippen molar-refractivity contribution in [2.75, 3.05) is 20.6 Å². The van der Waals surface area contributed by atoms with E-state index in [0.717, 1.165) is 5.56 Å². The lowest BCUT2D eigenvalue weighted by molar-refractivity contribution is -0.120. The Bertz CT molecular complexity index is 460. The Morgan fingerprint density at radius 2 is 2.06 bits per heavy atom. The summed E-state index contributed by atoms with van der Waals surface area (Å²) in [4.78, 5) is 24.3. The minimum absolute atomic E-state index is 0.0278. The monoisotopic (exact) mass is 252 g/mol. The van der Waals surface area contributed by atoms with Crippen molar-refractivity contribution in [2.24, 2.45) is 0 Å². The summed E-state index contributed by atoms with van der Waals surface area (Å²) in [6.45, 7) is 2.01. The van der Waals surface area contributed by atoms with Gasteiger partial charge in [0.1, 0.15) is 5.82 Å². The number of nitrogens with one attached hydrogen (secondary N) is 1. The molecule has 0 unspecified atom stereocenters. The van der Waals surface area contributed by atoms with Crippen molar-refractivity contribution < 1.29 is 14.0 Å².